The van der Waals surface area contributed by atoms with E-state index in [0.29, 0.717) is 41.8 Å². The van der Waals surface area contributed by atoms with E-state index in [1.807, 2.05) is 13.8 Å². The summed E-state index contributed by atoms with van der Waals surface area (Å²) < 4.78 is 52.4. The molecule has 0 N–H and O–H groups in total. The van der Waals surface area contributed by atoms with Crippen molar-refractivity contribution in [2.45, 2.75) is 52.3 Å². The van der Waals surface area contributed by atoms with Crippen LogP contribution in [0.1, 0.15) is 49.9 Å². The van der Waals surface area contributed by atoms with Crippen LogP contribution in [0, 0.1) is 24.7 Å². The molecule has 35 heavy (non-hydrogen) atoms. The summed E-state index contributed by atoms with van der Waals surface area (Å²) in [4.78, 5) is 11.1. The highest BCUT2D eigenvalue weighted by molar-refractivity contribution is 6.30. The summed E-state index contributed by atoms with van der Waals surface area (Å²) >= 11 is 5.91. The number of ether oxygens (including phenoxy) is 1. The van der Waals surface area contributed by atoms with E-state index >= 15 is 0 Å². The Hall–Kier alpha value is -2.82. The van der Waals surface area contributed by atoms with E-state index in [9.17, 15) is 13.2 Å². The lowest BCUT2D eigenvalue weighted by molar-refractivity contribution is -0.137. The minimum Gasteiger partial charge on any atom is -0.424 e. The van der Waals surface area contributed by atoms with Crippen molar-refractivity contribution in [2.75, 3.05) is 18.0 Å². The molecule has 1 saturated carbocycles. The fourth-order valence-electron chi connectivity index (χ4n) is 5.18. The van der Waals surface area contributed by atoms with Crippen molar-refractivity contribution in [2.24, 2.45) is 17.8 Å². The van der Waals surface area contributed by atoms with Gasteiger partial charge in [0.1, 0.15) is 5.75 Å². The third kappa shape index (κ3) is 4.96. The van der Waals surface area contributed by atoms with Crippen LogP contribution in [-0.2, 0) is 12.6 Å². The monoisotopic (exact) mass is 510 g/mol. The van der Waals surface area contributed by atoms with E-state index in [1.54, 1.807) is 11.6 Å². The number of anilines is 1. The van der Waals surface area contributed by atoms with Crippen molar-refractivity contribution in [3.05, 3.63) is 40.4 Å². The van der Waals surface area contributed by atoms with E-state index in [2.05, 4.69) is 25.1 Å². The molecule has 5 rings (SSSR count). The molecular formula is C23H26ClF3N6O2. The maximum atomic E-state index is 13.2. The summed E-state index contributed by atoms with van der Waals surface area (Å²) in [7, 11) is 0. The molecule has 3 atom stereocenters. The first-order chi connectivity index (χ1) is 16.6. The molecule has 0 amide bonds. The maximum Gasteiger partial charge on any atom is 0.416 e. The number of halogens is 4. The standard InChI is InChI=1S/C23H26ClF3N6O2/c1-12(2)33-22(34-18-7-16(23(25,26)27)6-17(24)8-18)29-20(30-33)9-19-14-4-5-15(19)11-32(10-14)21-28-13(3)31-35-21/h6-8,12,14-15,19H,4-5,9-11H2,1-3H3/t14-,15+,19?. The highest BCUT2D eigenvalue weighted by Crippen LogP contribution is 2.44. The van der Waals surface area contributed by atoms with Gasteiger partial charge in [-0.25, -0.2) is 4.68 Å². The largest absolute Gasteiger partial charge is 0.424 e. The smallest absolute Gasteiger partial charge is 0.416 e. The van der Waals surface area contributed by atoms with Crippen LogP contribution in [0.3, 0.4) is 0 Å². The predicted octanol–water partition coefficient (Wildman–Crippen LogP) is 5.72. The van der Waals surface area contributed by atoms with Gasteiger partial charge in [-0.15, -0.1) is 0 Å². The Morgan fingerprint density at radius 3 is 2.46 bits per heavy atom. The maximum absolute atomic E-state index is 13.2. The molecule has 2 bridgehead atoms. The average Bonchev–Trinajstić information content (AvgIpc) is 3.43. The zero-order valence-corrected chi connectivity index (χ0v) is 20.3. The molecule has 2 aliphatic rings. The van der Waals surface area contributed by atoms with Gasteiger partial charge in [0, 0.05) is 24.5 Å². The van der Waals surface area contributed by atoms with Gasteiger partial charge in [-0.2, -0.15) is 28.2 Å². The first-order valence-electron chi connectivity index (χ1n) is 11.6. The summed E-state index contributed by atoms with van der Waals surface area (Å²) in [5, 5.41) is 8.48. The topological polar surface area (TPSA) is 82.1 Å². The van der Waals surface area contributed by atoms with Crippen molar-refractivity contribution >= 4 is 17.6 Å². The first-order valence-corrected chi connectivity index (χ1v) is 12.0. The number of piperidine rings is 1. The Morgan fingerprint density at radius 2 is 1.86 bits per heavy atom. The molecule has 1 aromatic carbocycles. The third-order valence-electron chi connectivity index (χ3n) is 6.78. The molecule has 12 heteroatoms. The van der Waals surface area contributed by atoms with Crippen LogP contribution < -0.4 is 9.64 Å². The third-order valence-corrected chi connectivity index (χ3v) is 6.99. The van der Waals surface area contributed by atoms with Crippen LogP contribution in [0.4, 0.5) is 19.2 Å². The second kappa shape index (κ2) is 9.00. The zero-order valence-electron chi connectivity index (χ0n) is 19.6. The van der Waals surface area contributed by atoms with Crippen LogP contribution in [0.25, 0.3) is 0 Å². The van der Waals surface area contributed by atoms with Crippen molar-refractivity contribution in [3.8, 4) is 11.8 Å². The Balaban J connectivity index is 1.34. The fraction of sp³-hybridized carbons (Fsp3) is 0.565. The SMILES string of the molecule is Cc1noc(N2C[C@H]3CC[C@@H](C2)C3Cc2nc(Oc3cc(Cl)cc(C(F)(F)F)c3)n(C(C)C)n2)n1. The summed E-state index contributed by atoms with van der Waals surface area (Å²) in [6.07, 6.45) is -1.65. The molecule has 188 valence electrons. The molecule has 1 aliphatic carbocycles. The summed E-state index contributed by atoms with van der Waals surface area (Å²) in [6, 6.07) is 3.74. The summed E-state index contributed by atoms with van der Waals surface area (Å²) in [5.74, 6) is 2.49. The number of hydrogen-bond donors (Lipinski definition) is 0. The van der Waals surface area contributed by atoms with Crippen LogP contribution in [0.15, 0.2) is 22.7 Å². The van der Waals surface area contributed by atoms with Gasteiger partial charge in [0.15, 0.2) is 11.6 Å². The Labute approximate surface area is 205 Å². The van der Waals surface area contributed by atoms with Crippen molar-refractivity contribution < 1.29 is 22.4 Å². The lowest BCUT2D eigenvalue weighted by atomic mass is 9.82. The van der Waals surface area contributed by atoms with Crippen molar-refractivity contribution in [1.82, 2.24) is 24.9 Å². The highest BCUT2D eigenvalue weighted by Gasteiger charge is 2.43. The first kappa shape index (κ1) is 23.9. The number of aryl methyl sites for hydroxylation is 1. The molecule has 2 fully saturated rings. The van der Waals surface area contributed by atoms with Gasteiger partial charge in [-0.3, -0.25) is 0 Å². The lowest BCUT2D eigenvalue weighted by Crippen LogP contribution is -2.43. The van der Waals surface area contributed by atoms with Gasteiger partial charge >= 0.3 is 18.2 Å². The molecule has 0 spiro atoms. The zero-order chi connectivity index (χ0) is 24.9. The molecule has 1 aliphatic heterocycles. The number of alkyl halides is 3. The van der Waals surface area contributed by atoms with Gasteiger partial charge in [0.05, 0.1) is 11.6 Å². The lowest BCUT2D eigenvalue weighted by Gasteiger charge is -2.36. The predicted molar refractivity (Wildman–Crippen MR) is 122 cm³/mol. The molecule has 3 heterocycles. The van der Waals surface area contributed by atoms with Gasteiger partial charge in [-0.1, -0.05) is 16.8 Å². The van der Waals surface area contributed by atoms with Gasteiger partial charge in [0.25, 0.3) is 0 Å². The van der Waals surface area contributed by atoms with Gasteiger partial charge in [-0.05, 0) is 69.6 Å². The van der Waals surface area contributed by atoms with E-state index < -0.39 is 11.7 Å². The number of fused-ring (bicyclic) bond motifs is 2. The van der Waals surface area contributed by atoms with Crippen molar-refractivity contribution in [3.63, 3.8) is 0 Å². The number of benzene rings is 1. The fourth-order valence-corrected chi connectivity index (χ4v) is 5.41. The quantitative estimate of drug-likeness (QED) is 0.419. The van der Waals surface area contributed by atoms with E-state index in [-0.39, 0.29) is 22.8 Å². The van der Waals surface area contributed by atoms with E-state index in [1.165, 1.54) is 6.07 Å². The van der Waals surface area contributed by atoms with Gasteiger partial charge < -0.3 is 14.2 Å². The number of nitrogens with zero attached hydrogens (tertiary/aromatic N) is 6. The van der Waals surface area contributed by atoms with E-state index in [4.69, 9.17) is 20.9 Å². The molecule has 8 nitrogen and oxygen atoms in total. The number of rotatable bonds is 6. The van der Waals surface area contributed by atoms with Crippen LogP contribution in [0.2, 0.25) is 5.02 Å². The molecule has 3 aromatic rings. The molecule has 1 saturated heterocycles. The van der Waals surface area contributed by atoms with Gasteiger partial charge in [0.2, 0.25) is 0 Å². The summed E-state index contributed by atoms with van der Waals surface area (Å²) in [6.45, 7) is 7.30. The number of hydrogen-bond acceptors (Lipinski definition) is 7. The van der Waals surface area contributed by atoms with Crippen LogP contribution in [0.5, 0.6) is 11.8 Å². The Kier molecular flexibility index (Phi) is 6.14. The minimum absolute atomic E-state index is 0.0334. The Morgan fingerprint density at radius 1 is 1.14 bits per heavy atom. The second-order valence-electron chi connectivity index (χ2n) is 9.62. The van der Waals surface area contributed by atoms with Crippen LogP contribution >= 0.6 is 11.6 Å². The average molecular weight is 511 g/mol. The molecule has 0 radical (unpaired) electrons. The van der Waals surface area contributed by atoms with Crippen LogP contribution in [-0.4, -0.2) is 38.0 Å². The molecular weight excluding hydrogens is 485 g/mol. The second-order valence-corrected chi connectivity index (χ2v) is 10.1. The Bertz CT molecular complexity index is 1200. The number of aromatic nitrogens is 5. The normalized spacial score (nSPS) is 22.3. The molecule has 2 aromatic heterocycles. The van der Waals surface area contributed by atoms with E-state index in [0.717, 1.165) is 38.1 Å². The minimum atomic E-state index is -4.53. The molecule has 1 unspecified atom stereocenters. The summed E-state index contributed by atoms with van der Waals surface area (Å²) in [5.41, 5.74) is -0.879. The van der Waals surface area contributed by atoms with Crippen molar-refractivity contribution in [1.29, 1.82) is 0 Å². The highest BCUT2D eigenvalue weighted by atomic mass is 35.5.